The number of carbonyl (C=O) groups is 3. The Morgan fingerprint density at radius 2 is 1.80 bits per heavy atom. The Morgan fingerprint density at radius 1 is 1.12 bits per heavy atom. The summed E-state index contributed by atoms with van der Waals surface area (Å²) in [6.45, 7) is 1.99. The van der Waals surface area contributed by atoms with Crippen molar-refractivity contribution in [3.8, 4) is 0 Å². The number of rotatable bonds is 10. The molecule has 0 aliphatic rings. The molecule has 0 fully saturated rings. The predicted molar refractivity (Wildman–Crippen MR) is 93.7 cm³/mol. The molecule has 0 aromatic heterocycles. The smallest absolute Gasteiger partial charge is 0.244 e. The number of hydrogen-bond acceptors (Lipinski definition) is 4. The zero-order valence-corrected chi connectivity index (χ0v) is 14.7. The third-order valence-corrected chi connectivity index (χ3v) is 4.00. The van der Waals surface area contributed by atoms with E-state index in [2.05, 4.69) is 10.6 Å². The van der Waals surface area contributed by atoms with Crippen molar-refractivity contribution in [2.45, 2.75) is 45.1 Å². The van der Waals surface area contributed by atoms with E-state index in [1.54, 1.807) is 5.48 Å². The summed E-state index contributed by atoms with van der Waals surface area (Å²) >= 11 is 0. The predicted octanol–water partition coefficient (Wildman–Crippen LogP) is 1.16. The number of hydrogen-bond donors (Lipinski definition) is 4. The van der Waals surface area contributed by atoms with Crippen molar-refractivity contribution in [2.24, 2.45) is 5.92 Å². The van der Waals surface area contributed by atoms with Gasteiger partial charge in [-0.2, -0.15) is 0 Å². The quantitative estimate of drug-likeness (QED) is 0.375. The minimum atomic E-state index is -0.721. The molecule has 0 saturated carbocycles. The Morgan fingerprint density at radius 3 is 2.36 bits per heavy atom. The molecule has 2 atom stereocenters. The van der Waals surface area contributed by atoms with Gasteiger partial charge < -0.3 is 10.6 Å². The number of hydroxylamine groups is 1. The molecule has 1 aromatic rings. The van der Waals surface area contributed by atoms with Crippen LogP contribution >= 0.6 is 0 Å². The Balaban J connectivity index is 2.81. The van der Waals surface area contributed by atoms with Crippen LogP contribution in [-0.2, 0) is 20.8 Å². The van der Waals surface area contributed by atoms with Gasteiger partial charge in [0.05, 0.1) is 0 Å². The molecular weight excluding hydrogens is 322 g/mol. The lowest BCUT2D eigenvalue weighted by molar-refractivity contribution is -0.136. The first kappa shape index (κ1) is 20.6. The fourth-order valence-corrected chi connectivity index (χ4v) is 2.57. The number of carbonyl (C=O) groups excluding carboxylic acids is 3. The van der Waals surface area contributed by atoms with Crippen molar-refractivity contribution in [3.63, 3.8) is 0 Å². The van der Waals surface area contributed by atoms with E-state index < -0.39 is 17.9 Å². The van der Waals surface area contributed by atoms with Gasteiger partial charge in [0.25, 0.3) is 0 Å². The Hall–Kier alpha value is -2.41. The largest absolute Gasteiger partial charge is 0.357 e. The second-order valence-corrected chi connectivity index (χ2v) is 5.94. The summed E-state index contributed by atoms with van der Waals surface area (Å²) in [4.78, 5) is 36.1. The van der Waals surface area contributed by atoms with E-state index >= 15 is 0 Å². The maximum atomic E-state index is 12.6. The van der Waals surface area contributed by atoms with Crippen molar-refractivity contribution in [3.05, 3.63) is 35.9 Å². The van der Waals surface area contributed by atoms with Crippen LogP contribution in [0.1, 0.15) is 38.2 Å². The highest BCUT2D eigenvalue weighted by molar-refractivity contribution is 5.90. The summed E-state index contributed by atoms with van der Waals surface area (Å²) in [6, 6.07) is 8.67. The SMILES string of the molecule is CCCCC(CC(=O)NO)C(=O)N[C@@H](Cc1ccccc1)C(=O)NC. The molecule has 7 nitrogen and oxygen atoms in total. The van der Waals surface area contributed by atoms with Gasteiger partial charge >= 0.3 is 0 Å². The summed E-state index contributed by atoms with van der Waals surface area (Å²) < 4.78 is 0. The van der Waals surface area contributed by atoms with Crippen LogP contribution in [0, 0.1) is 5.92 Å². The van der Waals surface area contributed by atoms with Crippen LogP contribution in [0.5, 0.6) is 0 Å². The Labute approximate surface area is 148 Å². The summed E-state index contributed by atoms with van der Waals surface area (Å²) in [7, 11) is 1.51. The number of benzene rings is 1. The molecule has 7 heteroatoms. The summed E-state index contributed by atoms with van der Waals surface area (Å²) in [5.41, 5.74) is 2.48. The molecule has 0 spiro atoms. The van der Waals surface area contributed by atoms with E-state index in [4.69, 9.17) is 5.21 Å². The third-order valence-electron chi connectivity index (χ3n) is 4.00. The van der Waals surface area contributed by atoms with E-state index in [9.17, 15) is 14.4 Å². The molecule has 0 bridgehead atoms. The first-order chi connectivity index (χ1) is 12.0. The van der Waals surface area contributed by atoms with Crippen molar-refractivity contribution in [1.29, 1.82) is 0 Å². The van der Waals surface area contributed by atoms with E-state index in [0.29, 0.717) is 12.8 Å². The fraction of sp³-hybridized carbons (Fsp3) is 0.500. The number of amides is 3. The Kier molecular flexibility index (Phi) is 9.24. The monoisotopic (exact) mass is 349 g/mol. The maximum absolute atomic E-state index is 12.6. The molecule has 1 rings (SSSR count). The summed E-state index contributed by atoms with van der Waals surface area (Å²) in [5.74, 6) is -1.86. The molecule has 4 N–H and O–H groups in total. The Bertz CT molecular complexity index is 563. The molecule has 0 saturated heterocycles. The molecule has 25 heavy (non-hydrogen) atoms. The zero-order chi connectivity index (χ0) is 18.7. The van der Waals surface area contributed by atoms with Gasteiger partial charge in [-0.1, -0.05) is 50.1 Å². The van der Waals surface area contributed by atoms with Gasteiger partial charge in [-0.15, -0.1) is 0 Å². The second kappa shape index (κ2) is 11.2. The normalized spacial score (nSPS) is 12.8. The highest BCUT2D eigenvalue weighted by atomic mass is 16.5. The van der Waals surface area contributed by atoms with Crippen LogP contribution in [-0.4, -0.2) is 36.0 Å². The van der Waals surface area contributed by atoms with Crippen LogP contribution in [0.25, 0.3) is 0 Å². The minimum absolute atomic E-state index is 0.117. The lowest BCUT2D eigenvalue weighted by Crippen LogP contribution is -2.49. The molecule has 0 heterocycles. The van der Waals surface area contributed by atoms with Crippen LogP contribution in [0.4, 0.5) is 0 Å². The number of likely N-dealkylation sites (N-methyl/N-ethyl adjacent to an activating group) is 1. The standard InChI is InChI=1S/C18H27N3O4/c1-3-4-10-14(12-16(22)21-25)17(23)20-15(18(24)19-2)11-13-8-6-5-7-9-13/h5-9,14-15,25H,3-4,10-12H2,1-2H3,(H,19,24)(H,20,23)(H,21,22)/t14?,15-/m0/s1. The van der Waals surface area contributed by atoms with E-state index in [1.807, 2.05) is 37.3 Å². The topological polar surface area (TPSA) is 108 Å². The van der Waals surface area contributed by atoms with Gasteiger partial charge in [0.1, 0.15) is 6.04 Å². The highest BCUT2D eigenvalue weighted by Crippen LogP contribution is 2.14. The van der Waals surface area contributed by atoms with Crippen molar-refractivity contribution in [2.75, 3.05) is 7.05 Å². The van der Waals surface area contributed by atoms with Gasteiger partial charge in [0, 0.05) is 25.8 Å². The molecule has 0 aliphatic heterocycles. The van der Waals surface area contributed by atoms with E-state index in [1.165, 1.54) is 7.05 Å². The van der Waals surface area contributed by atoms with Gasteiger partial charge in [0.2, 0.25) is 17.7 Å². The average Bonchev–Trinajstić information content (AvgIpc) is 2.64. The second-order valence-electron chi connectivity index (χ2n) is 5.94. The number of unbranched alkanes of at least 4 members (excludes halogenated alkanes) is 1. The maximum Gasteiger partial charge on any atom is 0.244 e. The first-order valence-electron chi connectivity index (χ1n) is 8.50. The van der Waals surface area contributed by atoms with Crippen molar-refractivity contribution < 1.29 is 19.6 Å². The van der Waals surface area contributed by atoms with Gasteiger partial charge in [-0.3, -0.25) is 19.6 Å². The highest BCUT2D eigenvalue weighted by Gasteiger charge is 2.26. The molecule has 138 valence electrons. The lowest BCUT2D eigenvalue weighted by atomic mass is 9.96. The fourth-order valence-electron chi connectivity index (χ4n) is 2.57. The molecule has 3 amide bonds. The molecule has 1 aromatic carbocycles. The molecule has 1 unspecified atom stereocenters. The van der Waals surface area contributed by atoms with Crippen molar-refractivity contribution >= 4 is 17.7 Å². The minimum Gasteiger partial charge on any atom is -0.357 e. The zero-order valence-electron chi connectivity index (χ0n) is 14.7. The van der Waals surface area contributed by atoms with Crippen LogP contribution in [0.15, 0.2) is 30.3 Å². The van der Waals surface area contributed by atoms with Crippen LogP contribution in [0.2, 0.25) is 0 Å². The van der Waals surface area contributed by atoms with E-state index in [-0.39, 0.29) is 18.2 Å². The third kappa shape index (κ3) is 7.34. The lowest BCUT2D eigenvalue weighted by Gasteiger charge is -2.21. The average molecular weight is 349 g/mol. The molecule has 0 radical (unpaired) electrons. The van der Waals surface area contributed by atoms with Crippen LogP contribution < -0.4 is 16.1 Å². The van der Waals surface area contributed by atoms with Gasteiger partial charge in [-0.25, -0.2) is 5.48 Å². The van der Waals surface area contributed by atoms with Crippen molar-refractivity contribution in [1.82, 2.24) is 16.1 Å². The van der Waals surface area contributed by atoms with Crippen LogP contribution in [0.3, 0.4) is 0 Å². The summed E-state index contributed by atoms with van der Waals surface area (Å²) in [5, 5.41) is 14.0. The van der Waals surface area contributed by atoms with Gasteiger partial charge in [0.15, 0.2) is 0 Å². The molecule has 0 aliphatic carbocycles. The summed E-state index contributed by atoms with van der Waals surface area (Å²) in [6.07, 6.45) is 2.42. The van der Waals surface area contributed by atoms with Gasteiger partial charge in [-0.05, 0) is 12.0 Å². The van der Waals surface area contributed by atoms with E-state index in [0.717, 1.165) is 18.4 Å². The molecular formula is C18H27N3O4. The first-order valence-corrected chi connectivity index (χ1v) is 8.50. The number of nitrogens with one attached hydrogen (secondary N) is 3.